The molecule has 0 heterocycles. The van der Waals surface area contributed by atoms with Crippen molar-refractivity contribution in [3.05, 3.63) is 35.9 Å². The van der Waals surface area contributed by atoms with E-state index in [4.69, 9.17) is 0 Å². The Kier molecular flexibility index (Phi) is 6.90. The maximum absolute atomic E-state index is 3.47. The summed E-state index contributed by atoms with van der Waals surface area (Å²) < 4.78 is 0. The molecule has 0 aliphatic heterocycles. The molecule has 0 atom stereocenters. The number of nitrogens with zero attached hydrogens (tertiary/aromatic N) is 1. The Morgan fingerprint density at radius 2 is 1.82 bits per heavy atom. The Bertz CT molecular complexity index is 282. The van der Waals surface area contributed by atoms with E-state index in [1.165, 1.54) is 5.56 Å². The fourth-order valence-electron chi connectivity index (χ4n) is 1.87. The van der Waals surface area contributed by atoms with Crippen LogP contribution in [-0.2, 0) is 6.42 Å². The molecule has 2 heteroatoms. The number of rotatable bonds is 8. The number of likely N-dealkylation sites (N-methyl/N-ethyl adjacent to an activating group) is 1. The molecule has 0 amide bonds. The Morgan fingerprint density at radius 3 is 2.41 bits per heavy atom. The van der Waals surface area contributed by atoms with Gasteiger partial charge in [0, 0.05) is 25.7 Å². The Labute approximate surface area is 106 Å². The smallest absolute Gasteiger partial charge is 0.0107 e. The highest BCUT2D eigenvalue weighted by atomic mass is 15.1. The van der Waals surface area contributed by atoms with Crippen LogP contribution in [0.4, 0.5) is 0 Å². The monoisotopic (exact) mass is 234 g/mol. The third-order valence-corrected chi connectivity index (χ3v) is 2.99. The summed E-state index contributed by atoms with van der Waals surface area (Å²) in [6.45, 7) is 11.1. The predicted octanol–water partition coefficient (Wildman–Crippen LogP) is 2.55. The minimum absolute atomic E-state index is 0.586. The van der Waals surface area contributed by atoms with Crippen molar-refractivity contribution in [1.29, 1.82) is 0 Å². The normalized spacial score (nSPS) is 11.4. The standard InChI is InChI=1S/C15H26N2/c1-4-17(13-11-16-14(2)3)12-10-15-8-6-5-7-9-15/h5-9,14,16H,4,10-13H2,1-3H3. The summed E-state index contributed by atoms with van der Waals surface area (Å²) in [7, 11) is 0. The zero-order valence-electron chi connectivity index (χ0n) is 11.4. The van der Waals surface area contributed by atoms with E-state index >= 15 is 0 Å². The number of hydrogen-bond acceptors (Lipinski definition) is 2. The van der Waals surface area contributed by atoms with Gasteiger partial charge in [-0.3, -0.25) is 0 Å². The molecular weight excluding hydrogens is 208 g/mol. The van der Waals surface area contributed by atoms with Crippen molar-refractivity contribution in [2.24, 2.45) is 0 Å². The predicted molar refractivity (Wildman–Crippen MR) is 75.4 cm³/mol. The third kappa shape index (κ3) is 6.44. The molecule has 1 N–H and O–H groups in total. The van der Waals surface area contributed by atoms with E-state index < -0.39 is 0 Å². The molecule has 0 spiro atoms. The molecule has 0 unspecified atom stereocenters. The zero-order valence-corrected chi connectivity index (χ0v) is 11.4. The third-order valence-electron chi connectivity index (χ3n) is 2.99. The first kappa shape index (κ1) is 14.2. The van der Waals surface area contributed by atoms with E-state index in [2.05, 4.69) is 61.3 Å². The number of nitrogens with one attached hydrogen (secondary N) is 1. The topological polar surface area (TPSA) is 15.3 Å². The van der Waals surface area contributed by atoms with E-state index in [1.807, 2.05) is 0 Å². The lowest BCUT2D eigenvalue weighted by atomic mass is 10.1. The van der Waals surface area contributed by atoms with Crippen molar-refractivity contribution in [2.45, 2.75) is 33.2 Å². The second kappa shape index (κ2) is 8.26. The summed E-state index contributed by atoms with van der Waals surface area (Å²) in [5.41, 5.74) is 1.43. The van der Waals surface area contributed by atoms with Gasteiger partial charge in [-0.15, -0.1) is 0 Å². The average molecular weight is 234 g/mol. The first-order valence-electron chi connectivity index (χ1n) is 6.72. The SMILES string of the molecule is CCN(CCNC(C)C)CCc1ccccc1. The van der Waals surface area contributed by atoms with Crippen molar-refractivity contribution in [2.75, 3.05) is 26.2 Å². The number of benzene rings is 1. The van der Waals surface area contributed by atoms with Crippen LogP contribution in [0.5, 0.6) is 0 Å². The molecule has 0 saturated carbocycles. The minimum atomic E-state index is 0.586. The molecule has 0 saturated heterocycles. The van der Waals surface area contributed by atoms with E-state index in [0.717, 1.165) is 32.6 Å². The van der Waals surface area contributed by atoms with Crippen molar-refractivity contribution in [3.63, 3.8) is 0 Å². The molecule has 1 rings (SSSR count). The lowest BCUT2D eigenvalue weighted by Gasteiger charge is -2.21. The molecule has 17 heavy (non-hydrogen) atoms. The maximum atomic E-state index is 3.47. The highest BCUT2D eigenvalue weighted by Crippen LogP contribution is 2.01. The first-order chi connectivity index (χ1) is 8.22. The van der Waals surface area contributed by atoms with Gasteiger partial charge in [0.1, 0.15) is 0 Å². The van der Waals surface area contributed by atoms with E-state index in [9.17, 15) is 0 Å². The Balaban J connectivity index is 2.23. The molecule has 96 valence electrons. The van der Waals surface area contributed by atoms with Gasteiger partial charge in [0.05, 0.1) is 0 Å². The van der Waals surface area contributed by atoms with Crippen LogP contribution in [0.1, 0.15) is 26.3 Å². The summed E-state index contributed by atoms with van der Waals surface area (Å²) in [5.74, 6) is 0. The van der Waals surface area contributed by atoms with Gasteiger partial charge in [-0.2, -0.15) is 0 Å². The maximum Gasteiger partial charge on any atom is 0.0107 e. The van der Waals surface area contributed by atoms with Gasteiger partial charge in [-0.1, -0.05) is 51.1 Å². The Hall–Kier alpha value is -0.860. The molecule has 0 aliphatic rings. The van der Waals surface area contributed by atoms with Crippen molar-refractivity contribution < 1.29 is 0 Å². The molecule has 0 aromatic heterocycles. The summed E-state index contributed by atoms with van der Waals surface area (Å²) >= 11 is 0. The molecule has 0 fully saturated rings. The molecule has 0 bridgehead atoms. The van der Waals surface area contributed by atoms with Crippen molar-refractivity contribution in [1.82, 2.24) is 10.2 Å². The summed E-state index contributed by atoms with van der Waals surface area (Å²) in [5, 5.41) is 3.47. The number of hydrogen-bond donors (Lipinski definition) is 1. The van der Waals surface area contributed by atoms with Crippen LogP contribution < -0.4 is 5.32 Å². The van der Waals surface area contributed by atoms with Crippen LogP contribution in [0.15, 0.2) is 30.3 Å². The van der Waals surface area contributed by atoms with Crippen LogP contribution >= 0.6 is 0 Å². The van der Waals surface area contributed by atoms with Crippen molar-refractivity contribution >= 4 is 0 Å². The molecular formula is C15H26N2. The largest absolute Gasteiger partial charge is 0.313 e. The van der Waals surface area contributed by atoms with Gasteiger partial charge in [0.2, 0.25) is 0 Å². The van der Waals surface area contributed by atoms with Crippen LogP contribution in [-0.4, -0.2) is 37.1 Å². The minimum Gasteiger partial charge on any atom is -0.313 e. The molecule has 1 aromatic carbocycles. The van der Waals surface area contributed by atoms with Gasteiger partial charge in [0.25, 0.3) is 0 Å². The van der Waals surface area contributed by atoms with E-state index in [-0.39, 0.29) is 0 Å². The average Bonchev–Trinajstić information content (AvgIpc) is 2.34. The zero-order chi connectivity index (χ0) is 12.5. The second-order valence-corrected chi connectivity index (χ2v) is 4.78. The van der Waals surface area contributed by atoms with Gasteiger partial charge < -0.3 is 10.2 Å². The summed E-state index contributed by atoms with van der Waals surface area (Å²) in [6, 6.07) is 11.3. The summed E-state index contributed by atoms with van der Waals surface area (Å²) in [6.07, 6.45) is 1.15. The van der Waals surface area contributed by atoms with Crippen molar-refractivity contribution in [3.8, 4) is 0 Å². The van der Waals surface area contributed by atoms with Gasteiger partial charge in [-0.25, -0.2) is 0 Å². The molecule has 0 radical (unpaired) electrons. The molecule has 1 aromatic rings. The van der Waals surface area contributed by atoms with Crippen LogP contribution in [0.25, 0.3) is 0 Å². The van der Waals surface area contributed by atoms with Crippen LogP contribution in [0.2, 0.25) is 0 Å². The molecule has 0 aliphatic carbocycles. The Morgan fingerprint density at radius 1 is 1.12 bits per heavy atom. The fourth-order valence-corrected chi connectivity index (χ4v) is 1.87. The van der Waals surface area contributed by atoms with Crippen LogP contribution in [0, 0.1) is 0 Å². The quantitative estimate of drug-likeness (QED) is 0.743. The second-order valence-electron chi connectivity index (χ2n) is 4.78. The van der Waals surface area contributed by atoms with Gasteiger partial charge >= 0.3 is 0 Å². The van der Waals surface area contributed by atoms with Crippen LogP contribution in [0.3, 0.4) is 0 Å². The van der Waals surface area contributed by atoms with E-state index in [1.54, 1.807) is 0 Å². The molecule has 2 nitrogen and oxygen atoms in total. The fraction of sp³-hybridized carbons (Fsp3) is 0.600. The first-order valence-corrected chi connectivity index (χ1v) is 6.72. The lowest BCUT2D eigenvalue weighted by Crippen LogP contribution is -2.35. The van der Waals surface area contributed by atoms with E-state index in [0.29, 0.717) is 6.04 Å². The van der Waals surface area contributed by atoms with Gasteiger partial charge in [-0.05, 0) is 18.5 Å². The highest BCUT2D eigenvalue weighted by Gasteiger charge is 2.02. The van der Waals surface area contributed by atoms with Gasteiger partial charge in [0.15, 0.2) is 0 Å². The lowest BCUT2D eigenvalue weighted by molar-refractivity contribution is 0.287. The highest BCUT2D eigenvalue weighted by molar-refractivity contribution is 5.14. The summed E-state index contributed by atoms with van der Waals surface area (Å²) in [4.78, 5) is 2.50.